The summed E-state index contributed by atoms with van der Waals surface area (Å²) in [4.78, 5) is 22.5. The molecule has 4 aromatic rings. The molecule has 0 saturated heterocycles. The van der Waals surface area contributed by atoms with Crippen LogP contribution in [0.15, 0.2) is 53.6 Å². The van der Waals surface area contributed by atoms with Gasteiger partial charge in [-0.1, -0.05) is 64.1 Å². The molecule has 0 saturated carbocycles. The minimum absolute atomic E-state index is 0.220. The lowest BCUT2D eigenvalue weighted by Crippen LogP contribution is -2.26. The molecule has 2 aromatic carbocycles. The zero-order valence-corrected chi connectivity index (χ0v) is 19.5. The third-order valence-corrected chi connectivity index (χ3v) is 5.63. The van der Waals surface area contributed by atoms with Gasteiger partial charge in [-0.2, -0.15) is 9.78 Å². The van der Waals surface area contributed by atoms with Gasteiger partial charge in [0.2, 0.25) is 0 Å². The SMILES string of the molecule is CC(C)CCNC(=O)c1c(N)n(/N=C/c2ccc(C(C)C)cc2)c2nc3ccccc3nc12. The van der Waals surface area contributed by atoms with Gasteiger partial charge in [-0.3, -0.25) is 4.79 Å². The van der Waals surface area contributed by atoms with Gasteiger partial charge in [-0.25, -0.2) is 9.97 Å². The Morgan fingerprint density at radius 3 is 2.36 bits per heavy atom. The van der Waals surface area contributed by atoms with Crippen LogP contribution in [0.2, 0.25) is 0 Å². The number of anilines is 1. The molecule has 7 nitrogen and oxygen atoms in total. The molecule has 2 heterocycles. The second-order valence-electron chi connectivity index (χ2n) is 8.96. The maximum Gasteiger partial charge on any atom is 0.257 e. The molecule has 0 atom stereocenters. The summed E-state index contributed by atoms with van der Waals surface area (Å²) < 4.78 is 1.50. The summed E-state index contributed by atoms with van der Waals surface area (Å²) in [5.74, 6) is 0.898. The Bertz CT molecular complexity index is 1320. The average molecular weight is 443 g/mol. The van der Waals surface area contributed by atoms with Crippen LogP contribution in [0.1, 0.15) is 61.5 Å². The number of nitrogens with zero attached hydrogens (tertiary/aromatic N) is 4. The third kappa shape index (κ3) is 4.72. The highest BCUT2D eigenvalue weighted by Gasteiger charge is 2.24. The minimum Gasteiger partial charge on any atom is -0.383 e. The number of aromatic nitrogens is 3. The van der Waals surface area contributed by atoms with E-state index in [0.29, 0.717) is 46.1 Å². The van der Waals surface area contributed by atoms with Crippen molar-refractivity contribution >= 4 is 40.1 Å². The van der Waals surface area contributed by atoms with Crippen molar-refractivity contribution in [2.45, 2.75) is 40.0 Å². The zero-order chi connectivity index (χ0) is 23.5. The number of amides is 1. The fourth-order valence-electron chi connectivity index (χ4n) is 3.64. The molecule has 0 radical (unpaired) electrons. The average Bonchev–Trinajstić information content (AvgIpc) is 3.06. The molecule has 1 amide bonds. The molecule has 0 aliphatic heterocycles. The van der Waals surface area contributed by atoms with E-state index >= 15 is 0 Å². The van der Waals surface area contributed by atoms with E-state index in [2.05, 4.69) is 50.2 Å². The van der Waals surface area contributed by atoms with Gasteiger partial charge in [0.15, 0.2) is 5.65 Å². The van der Waals surface area contributed by atoms with Gasteiger partial charge in [0, 0.05) is 6.54 Å². The zero-order valence-electron chi connectivity index (χ0n) is 19.5. The van der Waals surface area contributed by atoms with Crippen molar-refractivity contribution in [3.63, 3.8) is 0 Å². The Morgan fingerprint density at radius 2 is 1.73 bits per heavy atom. The maximum atomic E-state index is 13.1. The Balaban J connectivity index is 1.78. The van der Waals surface area contributed by atoms with Gasteiger partial charge in [0.05, 0.1) is 17.2 Å². The Kier molecular flexibility index (Phi) is 6.40. The molecule has 2 aromatic heterocycles. The van der Waals surface area contributed by atoms with E-state index in [4.69, 9.17) is 15.7 Å². The van der Waals surface area contributed by atoms with Gasteiger partial charge in [-0.15, -0.1) is 0 Å². The second kappa shape index (κ2) is 9.40. The number of carbonyl (C=O) groups excluding carboxylic acids is 1. The number of nitrogens with two attached hydrogens (primary N) is 1. The molecule has 0 spiro atoms. The molecule has 0 aliphatic carbocycles. The normalized spacial score (nSPS) is 11.9. The minimum atomic E-state index is -0.266. The molecule has 7 heteroatoms. The molecule has 0 bridgehead atoms. The first-order chi connectivity index (χ1) is 15.8. The summed E-state index contributed by atoms with van der Waals surface area (Å²) >= 11 is 0. The molecule has 4 rings (SSSR count). The second-order valence-corrected chi connectivity index (χ2v) is 8.96. The van der Waals surface area contributed by atoms with Crippen LogP contribution in [-0.4, -0.2) is 33.3 Å². The molecule has 0 aliphatic rings. The number of fused-ring (bicyclic) bond motifs is 2. The van der Waals surface area contributed by atoms with Crippen molar-refractivity contribution in [1.29, 1.82) is 0 Å². The molecule has 33 heavy (non-hydrogen) atoms. The van der Waals surface area contributed by atoms with E-state index in [-0.39, 0.29) is 11.7 Å². The van der Waals surface area contributed by atoms with Crippen molar-refractivity contribution in [3.05, 3.63) is 65.2 Å². The van der Waals surface area contributed by atoms with Crippen LogP contribution < -0.4 is 11.1 Å². The van der Waals surface area contributed by atoms with Gasteiger partial charge in [-0.05, 0) is 41.5 Å². The quantitative estimate of drug-likeness (QED) is 0.396. The van der Waals surface area contributed by atoms with Gasteiger partial charge in [0.25, 0.3) is 5.91 Å². The lowest BCUT2D eigenvalue weighted by Gasteiger charge is -2.07. The maximum absolute atomic E-state index is 13.1. The molecule has 0 fully saturated rings. The number of nitrogens with one attached hydrogen (secondary N) is 1. The number of para-hydroxylation sites is 2. The smallest absolute Gasteiger partial charge is 0.257 e. The molecular formula is C26H30N6O. The molecular weight excluding hydrogens is 412 g/mol. The van der Waals surface area contributed by atoms with Crippen molar-refractivity contribution < 1.29 is 4.79 Å². The van der Waals surface area contributed by atoms with Gasteiger partial charge < -0.3 is 11.1 Å². The number of hydrogen-bond acceptors (Lipinski definition) is 5. The van der Waals surface area contributed by atoms with E-state index in [1.165, 1.54) is 10.2 Å². The standard InChI is InChI=1S/C26H30N6O/c1-16(2)13-14-28-26(33)22-23-25(31-21-8-6-5-7-20(21)30-23)32(24(22)27)29-15-18-9-11-19(12-10-18)17(3)4/h5-12,15-17H,13-14,27H2,1-4H3,(H,28,33)/b29-15+. The Morgan fingerprint density at radius 1 is 1.06 bits per heavy atom. The van der Waals surface area contributed by atoms with Crippen LogP contribution in [0.3, 0.4) is 0 Å². The number of benzene rings is 2. The number of rotatable bonds is 7. The van der Waals surface area contributed by atoms with Gasteiger partial charge >= 0.3 is 0 Å². The van der Waals surface area contributed by atoms with E-state index in [9.17, 15) is 4.79 Å². The van der Waals surface area contributed by atoms with Crippen LogP contribution in [0.25, 0.3) is 22.2 Å². The monoisotopic (exact) mass is 442 g/mol. The summed E-state index contributed by atoms with van der Waals surface area (Å²) in [5, 5.41) is 7.54. The number of hydrogen-bond donors (Lipinski definition) is 2. The summed E-state index contributed by atoms with van der Waals surface area (Å²) in [6.45, 7) is 9.12. The highest BCUT2D eigenvalue weighted by atomic mass is 16.1. The summed E-state index contributed by atoms with van der Waals surface area (Å²) in [7, 11) is 0. The predicted molar refractivity (Wildman–Crippen MR) is 135 cm³/mol. The topological polar surface area (TPSA) is 98.2 Å². The van der Waals surface area contributed by atoms with Crippen LogP contribution in [0.4, 0.5) is 5.82 Å². The highest BCUT2D eigenvalue weighted by molar-refractivity contribution is 6.10. The van der Waals surface area contributed by atoms with Crippen LogP contribution in [0.5, 0.6) is 0 Å². The Labute approximate surface area is 193 Å². The fraction of sp³-hybridized carbons (Fsp3) is 0.308. The largest absolute Gasteiger partial charge is 0.383 e. The first kappa shape index (κ1) is 22.5. The van der Waals surface area contributed by atoms with Gasteiger partial charge in [0.1, 0.15) is 16.9 Å². The van der Waals surface area contributed by atoms with Crippen molar-refractivity contribution in [2.24, 2.45) is 11.0 Å². The predicted octanol–water partition coefficient (Wildman–Crippen LogP) is 4.95. The lowest BCUT2D eigenvalue weighted by molar-refractivity contribution is 0.0954. The van der Waals surface area contributed by atoms with Crippen molar-refractivity contribution in [1.82, 2.24) is 20.0 Å². The summed E-state index contributed by atoms with van der Waals surface area (Å²) in [5.41, 5.74) is 11.3. The highest BCUT2D eigenvalue weighted by Crippen LogP contribution is 2.28. The Hall–Kier alpha value is -3.74. The third-order valence-electron chi connectivity index (χ3n) is 5.63. The van der Waals surface area contributed by atoms with E-state index in [1.807, 2.05) is 36.4 Å². The van der Waals surface area contributed by atoms with E-state index in [1.54, 1.807) is 6.21 Å². The van der Waals surface area contributed by atoms with E-state index < -0.39 is 0 Å². The molecule has 0 unspecified atom stereocenters. The van der Waals surface area contributed by atoms with Crippen LogP contribution in [0, 0.1) is 5.92 Å². The first-order valence-electron chi connectivity index (χ1n) is 11.3. The van der Waals surface area contributed by atoms with Crippen LogP contribution in [-0.2, 0) is 0 Å². The number of carbonyl (C=O) groups is 1. The molecule has 3 N–H and O–H groups in total. The number of nitrogen functional groups attached to an aromatic ring is 1. The fourth-order valence-corrected chi connectivity index (χ4v) is 3.64. The summed E-state index contributed by atoms with van der Waals surface area (Å²) in [6.07, 6.45) is 2.60. The first-order valence-corrected chi connectivity index (χ1v) is 11.3. The summed E-state index contributed by atoms with van der Waals surface area (Å²) in [6, 6.07) is 15.8. The van der Waals surface area contributed by atoms with Crippen LogP contribution >= 0.6 is 0 Å². The lowest BCUT2D eigenvalue weighted by atomic mass is 10.0. The van der Waals surface area contributed by atoms with Crippen molar-refractivity contribution in [3.8, 4) is 0 Å². The van der Waals surface area contributed by atoms with E-state index in [0.717, 1.165) is 12.0 Å². The molecule has 170 valence electrons. The van der Waals surface area contributed by atoms with Crippen molar-refractivity contribution in [2.75, 3.05) is 12.3 Å².